The maximum Gasteiger partial charge on any atom is 0.416 e. The van der Waals surface area contributed by atoms with Crippen LogP contribution in [0.5, 0.6) is 0 Å². The molecule has 0 spiro atoms. The lowest BCUT2D eigenvalue weighted by molar-refractivity contribution is -0.137. The predicted octanol–water partition coefficient (Wildman–Crippen LogP) is 4.03. The van der Waals surface area contributed by atoms with Gasteiger partial charge in [0.05, 0.1) is 12.0 Å². The minimum Gasteiger partial charge on any atom is -0.326 e. The molecule has 0 heterocycles. The topological polar surface area (TPSA) is 29.1 Å². The molecular formula is C15H11F4NO. The highest BCUT2D eigenvalue weighted by molar-refractivity contribution is 5.92. The Morgan fingerprint density at radius 2 is 1.71 bits per heavy atom. The minimum atomic E-state index is -4.44. The fourth-order valence-corrected chi connectivity index (χ4v) is 1.78. The molecule has 0 aliphatic carbocycles. The second-order valence-corrected chi connectivity index (χ2v) is 4.43. The average molecular weight is 297 g/mol. The van der Waals surface area contributed by atoms with Crippen molar-refractivity contribution >= 4 is 11.6 Å². The first-order valence-electron chi connectivity index (χ1n) is 6.06. The van der Waals surface area contributed by atoms with Gasteiger partial charge in [0.2, 0.25) is 5.91 Å². The van der Waals surface area contributed by atoms with Crippen LogP contribution < -0.4 is 5.32 Å². The molecule has 1 N–H and O–H groups in total. The van der Waals surface area contributed by atoms with Crippen molar-refractivity contribution in [3.8, 4) is 0 Å². The monoisotopic (exact) mass is 297 g/mol. The number of amides is 1. The molecule has 2 aromatic rings. The van der Waals surface area contributed by atoms with Gasteiger partial charge in [-0.05, 0) is 35.9 Å². The summed E-state index contributed by atoms with van der Waals surface area (Å²) in [6, 6.07) is 9.69. The Morgan fingerprint density at radius 1 is 1.05 bits per heavy atom. The molecule has 110 valence electrons. The predicted molar refractivity (Wildman–Crippen MR) is 70.2 cm³/mol. The zero-order valence-corrected chi connectivity index (χ0v) is 10.7. The van der Waals surface area contributed by atoms with Gasteiger partial charge in [0.15, 0.2) is 0 Å². The van der Waals surface area contributed by atoms with E-state index in [0.29, 0.717) is 5.69 Å². The third-order valence-corrected chi connectivity index (χ3v) is 2.75. The van der Waals surface area contributed by atoms with Gasteiger partial charge in [0, 0.05) is 5.69 Å². The van der Waals surface area contributed by atoms with Crippen LogP contribution in [0.2, 0.25) is 0 Å². The van der Waals surface area contributed by atoms with Gasteiger partial charge >= 0.3 is 6.18 Å². The van der Waals surface area contributed by atoms with Gasteiger partial charge in [-0.2, -0.15) is 13.2 Å². The van der Waals surface area contributed by atoms with Gasteiger partial charge in [-0.3, -0.25) is 4.79 Å². The number of halogens is 4. The third kappa shape index (κ3) is 4.30. The highest BCUT2D eigenvalue weighted by atomic mass is 19.4. The van der Waals surface area contributed by atoms with Gasteiger partial charge in [-0.1, -0.05) is 18.2 Å². The number of carbonyl (C=O) groups is 1. The van der Waals surface area contributed by atoms with Crippen molar-refractivity contribution in [1.82, 2.24) is 0 Å². The highest BCUT2D eigenvalue weighted by Crippen LogP contribution is 2.29. The van der Waals surface area contributed by atoms with Crippen molar-refractivity contribution in [1.29, 1.82) is 0 Å². The van der Waals surface area contributed by atoms with E-state index in [9.17, 15) is 22.4 Å². The van der Waals surface area contributed by atoms with Crippen molar-refractivity contribution < 1.29 is 22.4 Å². The summed E-state index contributed by atoms with van der Waals surface area (Å²) in [6.45, 7) is 0. The number of anilines is 1. The third-order valence-electron chi connectivity index (χ3n) is 2.75. The molecule has 0 saturated heterocycles. The molecule has 0 aliphatic rings. The molecule has 0 atom stereocenters. The van der Waals surface area contributed by atoms with Crippen molar-refractivity contribution in [2.75, 3.05) is 5.32 Å². The van der Waals surface area contributed by atoms with Crippen LogP contribution in [-0.4, -0.2) is 5.91 Å². The van der Waals surface area contributed by atoms with Gasteiger partial charge in [0.1, 0.15) is 5.82 Å². The van der Waals surface area contributed by atoms with Crippen molar-refractivity contribution in [2.45, 2.75) is 12.6 Å². The molecule has 0 radical (unpaired) electrons. The lowest BCUT2D eigenvalue weighted by Gasteiger charge is -2.09. The van der Waals surface area contributed by atoms with Gasteiger partial charge < -0.3 is 5.32 Å². The molecule has 2 nitrogen and oxygen atoms in total. The maximum absolute atomic E-state index is 12.7. The zero-order valence-electron chi connectivity index (χ0n) is 10.7. The van der Waals surface area contributed by atoms with Crippen molar-refractivity contribution in [3.63, 3.8) is 0 Å². The Kier molecular flexibility index (Phi) is 4.26. The molecule has 6 heteroatoms. The summed E-state index contributed by atoms with van der Waals surface area (Å²) in [5.74, 6) is -0.910. The summed E-state index contributed by atoms with van der Waals surface area (Å²) in [7, 11) is 0. The van der Waals surface area contributed by atoms with E-state index in [0.717, 1.165) is 12.1 Å². The van der Waals surface area contributed by atoms with E-state index >= 15 is 0 Å². The Balaban J connectivity index is 2.04. The number of rotatable bonds is 3. The molecule has 0 aliphatic heterocycles. The second kappa shape index (κ2) is 5.95. The number of hydrogen-bond donors (Lipinski definition) is 1. The smallest absolute Gasteiger partial charge is 0.326 e. The second-order valence-electron chi connectivity index (χ2n) is 4.43. The summed E-state index contributed by atoms with van der Waals surface area (Å²) in [6.07, 6.45) is -4.63. The van der Waals surface area contributed by atoms with Gasteiger partial charge in [-0.15, -0.1) is 0 Å². The van der Waals surface area contributed by atoms with Crippen LogP contribution >= 0.6 is 0 Å². The number of nitrogens with one attached hydrogen (secondary N) is 1. The Labute approximate surface area is 118 Å². The van der Waals surface area contributed by atoms with Crippen molar-refractivity contribution in [2.24, 2.45) is 0 Å². The molecular weight excluding hydrogens is 286 g/mol. The molecule has 0 saturated carbocycles. The lowest BCUT2D eigenvalue weighted by Crippen LogP contribution is -2.15. The molecule has 0 unspecified atom stereocenters. The Bertz CT molecular complexity index is 635. The largest absolute Gasteiger partial charge is 0.416 e. The Hall–Kier alpha value is -2.37. The van der Waals surface area contributed by atoms with Crippen LogP contribution in [-0.2, 0) is 17.4 Å². The molecule has 21 heavy (non-hydrogen) atoms. The zero-order chi connectivity index (χ0) is 15.5. The van der Waals surface area contributed by atoms with E-state index in [1.165, 1.54) is 36.4 Å². The minimum absolute atomic E-state index is 0.193. The molecule has 2 rings (SSSR count). The lowest BCUT2D eigenvalue weighted by atomic mass is 10.1. The normalized spacial score (nSPS) is 11.2. The standard InChI is InChI=1S/C15H11F4NO/c16-12-4-6-13(7-5-12)20-14(21)9-10-2-1-3-11(8-10)15(17,18)19/h1-8H,9H2,(H,20,21). The van der Waals surface area contributed by atoms with Crippen molar-refractivity contribution in [3.05, 3.63) is 65.5 Å². The molecule has 0 bridgehead atoms. The van der Waals surface area contributed by atoms with Crippen LogP contribution in [0.25, 0.3) is 0 Å². The molecule has 1 amide bonds. The first kappa shape index (κ1) is 15.0. The first-order chi connectivity index (χ1) is 9.84. The Morgan fingerprint density at radius 3 is 2.33 bits per heavy atom. The van der Waals surface area contributed by atoms with E-state index in [2.05, 4.69) is 5.32 Å². The van der Waals surface area contributed by atoms with Crippen LogP contribution in [0.1, 0.15) is 11.1 Å². The number of carbonyl (C=O) groups excluding carboxylic acids is 1. The van der Waals surface area contributed by atoms with Crippen LogP contribution in [0.15, 0.2) is 48.5 Å². The quantitative estimate of drug-likeness (QED) is 0.852. The van der Waals surface area contributed by atoms with E-state index in [4.69, 9.17) is 0 Å². The van der Waals surface area contributed by atoms with E-state index < -0.39 is 23.5 Å². The summed E-state index contributed by atoms with van der Waals surface area (Å²) in [5, 5.41) is 2.49. The van der Waals surface area contributed by atoms with Crippen LogP contribution in [0.3, 0.4) is 0 Å². The summed E-state index contributed by atoms with van der Waals surface area (Å²) >= 11 is 0. The first-order valence-corrected chi connectivity index (χ1v) is 6.06. The summed E-state index contributed by atoms with van der Waals surface area (Å²) in [5.41, 5.74) is -0.160. The maximum atomic E-state index is 12.7. The molecule has 2 aromatic carbocycles. The fourth-order valence-electron chi connectivity index (χ4n) is 1.78. The van der Waals surface area contributed by atoms with E-state index in [1.54, 1.807) is 0 Å². The van der Waals surface area contributed by atoms with Gasteiger partial charge in [-0.25, -0.2) is 4.39 Å². The molecule has 0 aromatic heterocycles. The summed E-state index contributed by atoms with van der Waals surface area (Å²) in [4.78, 5) is 11.7. The van der Waals surface area contributed by atoms with Crippen LogP contribution in [0.4, 0.5) is 23.2 Å². The average Bonchev–Trinajstić information content (AvgIpc) is 2.41. The number of benzene rings is 2. The molecule has 0 fully saturated rings. The number of hydrogen-bond acceptors (Lipinski definition) is 1. The van der Waals surface area contributed by atoms with E-state index in [-0.39, 0.29) is 12.0 Å². The van der Waals surface area contributed by atoms with Gasteiger partial charge in [0.25, 0.3) is 0 Å². The highest BCUT2D eigenvalue weighted by Gasteiger charge is 2.30. The summed E-state index contributed by atoms with van der Waals surface area (Å²) < 4.78 is 50.4. The fraction of sp³-hybridized carbons (Fsp3) is 0.133. The number of alkyl halides is 3. The van der Waals surface area contributed by atoms with Crippen LogP contribution in [0, 0.1) is 5.82 Å². The SMILES string of the molecule is O=C(Cc1cccc(C(F)(F)F)c1)Nc1ccc(F)cc1. The van der Waals surface area contributed by atoms with E-state index in [1.807, 2.05) is 0 Å².